The van der Waals surface area contributed by atoms with Crippen molar-refractivity contribution < 1.29 is 22.7 Å². The van der Waals surface area contributed by atoms with E-state index in [4.69, 9.17) is 4.42 Å². The Morgan fingerprint density at radius 2 is 1.94 bits per heavy atom. The van der Waals surface area contributed by atoms with E-state index in [1.165, 1.54) is 12.7 Å². The van der Waals surface area contributed by atoms with E-state index >= 15 is 0 Å². The summed E-state index contributed by atoms with van der Waals surface area (Å²) in [6.45, 7) is 1.09. The van der Waals surface area contributed by atoms with Gasteiger partial charge in [0.15, 0.2) is 5.76 Å². The predicted octanol–water partition coefficient (Wildman–Crippen LogP) is 6.33. The Balaban J connectivity index is 1.70. The highest BCUT2D eigenvalue weighted by Crippen LogP contribution is 2.41. The number of ether oxygens (including phenoxy) is 1. The monoisotopic (exact) mass is 460 g/mol. The Hall–Kier alpha value is -2.71. The second-order valence-corrected chi connectivity index (χ2v) is 8.87. The first-order valence-electron chi connectivity index (χ1n) is 10.8. The molecule has 0 spiro atoms. The lowest BCUT2D eigenvalue weighted by Gasteiger charge is -2.35. The molecular weight excluding hydrogens is 434 g/mol. The maximum absolute atomic E-state index is 12.7. The van der Waals surface area contributed by atoms with Crippen LogP contribution in [0, 0.1) is 0 Å². The minimum absolute atomic E-state index is 0.0978. The van der Waals surface area contributed by atoms with Crippen LogP contribution in [0.2, 0.25) is 0 Å². The molecule has 1 aromatic carbocycles. The van der Waals surface area contributed by atoms with Gasteiger partial charge in [0.2, 0.25) is 0 Å². The molecule has 0 unspecified atom stereocenters. The van der Waals surface area contributed by atoms with Crippen molar-refractivity contribution in [2.75, 3.05) is 18.4 Å². The molecule has 1 aliphatic heterocycles. The first-order valence-corrected chi connectivity index (χ1v) is 11.6. The standard InChI is InChI=1S/C24H26F2N2O3S/c1-2-18-15-19(23(32-18)27-22(29)20-7-6-14-30-20)21(28-12-4-3-5-13-28)16-8-10-17(11-9-16)31-24(25)26/h6-11,14-15,21,24H,2-5,12-13H2,1H3,(H,27,29)/t21-/m0/s1. The van der Waals surface area contributed by atoms with Crippen LogP contribution in [-0.2, 0) is 6.42 Å². The lowest BCUT2D eigenvalue weighted by molar-refractivity contribution is -0.0498. The molecule has 3 heterocycles. The Morgan fingerprint density at radius 1 is 1.19 bits per heavy atom. The van der Waals surface area contributed by atoms with Crippen molar-refractivity contribution in [2.45, 2.75) is 45.3 Å². The molecule has 0 saturated carbocycles. The zero-order valence-corrected chi connectivity index (χ0v) is 18.7. The average molecular weight is 461 g/mol. The lowest BCUT2D eigenvalue weighted by Crippen LogP contribution is -2.34. The van der Waals surface area contributed by atoms with Gasteiger partial charge in [-0.15, -0.1) is 11.3 Å². The van der Waals surface area contributed by atoms with Crippen LogP contribution in [0.25, 0.3) is 0 Å². The summed E-state index contributed by atoms with van der Waals surface area (Å²) in [5, 5.41) is 3.81. The minimum atomic E-state index is -2.86. The number of hydrogen-bond donors (Lipinski definition) is 1. The topological polar surface area (TPSA) is 54.7 Å². The van der Waals surface area contributed by atoms with Gasteiger partial charge >= 0.3 is 6.61 Å². The number of furan rings is 1. The van der Waals surface area contributed by atoms with Gasteiger partial charge in [-0.1, -0.05) is 25.5 Å². The maximum Gasteiger partial charge on any atom is 0.387 e. The van der Waals surface area contributed by atoms with E-state index in [1.54, 1.807) is 35.6 Å². The zero-order valence-electron chi connectivity index (χ0n) is 17.9. The van der Waals surface area contributed by atoms with E-state index in [-0.39, 0.29) is 23.5 Å². The van der Waals surface area contributed by atoms with Gasteiger partial charge in [-0.25, -0.2) is 0 Å². The number of rotatable bonds is 8. The number of anilines is 1. The van der Waals surface area contributed by atoms with E-state index in [0.717, 1.165) is 53.4 Å². The molecule has 8 heteroatoms. The highest BCUT2D eigenvalue weighted by atomic mass is 32.1. The van der Waals surface area contributed by atoms with Crippen molar-refractivity contribution in [2.24, 2.45) is 0 Å². The summed E-state index contributed by atoms with van der Waals surface area (Å²) in [6.07, 6.45) is 5.71. The number of carbonyl (C=O) groups excluding carboxylic acids is 1. The summed E-state index contributed by atoms with van der Waals surface area (Å²) in [5.74, 6) is 0.0938. The summed E-state index contributed by atoms with van der Waals surface area (Å²) < 4.78 is 35.0. The summed E-state index contributed by atoms with van der Waals surface area (Å²) >= 11 is 1.56. The number of carbonyl (C=O) groups is 1. The van der Waals surface area contributed by atoms with Crippen molar-refractivity contribution in [3.63, 3.8) is 0 Å². The van der Waals surface area contributed by atoms with E-state index in [2.05, 4.69) is 27.9 Å². The Morgan fingerprint density at radius 3 is 2.56 bits per heavy atom. The molecule has 1 fully saturated rings. The number of halogens is 2. The Labute approximate surface area is 190 Å². The molecule has 4 rings (SSSR count). The summed E-state index contributed by atoms with van der Waals surface area (Å²) in [5.41, 5.74) is 1.98. The van der Waals surface area contributed by atoms with Gasteiger partial charge < -0.3 is 14.5 Å². The molecule has 0 radical (unpaired) electrons. The molecule has 32 heavy (non-hydrogen) atoms. The van der Waals surface area contributed by atoms with Gasteiger partial charge in [0.05, 0.1) is 12.3 Å². The third-order valence-corrected chi connectivity index (χ3v) is 6.81. The van der Waals surface area contributed by atoms with Gasteiger partial charge in [0.1, 0.15) is 10.8 Å². The molecule has 170 valence electrons. The van der Waals surface area contributed by atoms with Crippen molar-refractivity contribution in [1.29, 1.82) is 0 Å². The van der Waals surface area contributed by atoms with E-state index in [1.807, 2.05) is 12.1 Å². The van der Waals surface area contributed by atoms with Gasteiger partial charge in [-0.2, -0.15) is 8.78 Å². The fraction of sp³-hybridized carbons (Fsp3) is 0.375. The molecule has 1 atom stereocenters. The number of benzene rings is 1. The molecule has 5 nitrogen and oxygen atoms in total. The van der Waals surface area contributed by atoms with E-state index in [9.17, 15) is 13.6 Å². The molecule has 2 aromatic heterocycles. The molecule has 3 aromatic rings. The van der Waals surface area contributed by atoms with Crippen molar-refractivity contribution in [1.82, 2.24) is 4.90 Å². The summed E-state index contributed by atoms with van der Waals surface area (Å²) in [4.78, 5) is 16.3. The van der Waals surface area contributed by atoms with Crippen LogP contribution in [0.5, 0.6) is 5.75 Å². The predicted molar refractivity (Wildman–Crippen MR) is 121 cm³/mol. The third kappa shape index (κ3) is 5.19. The molecule has 1 N–H and O–H groups in total. The van der Waals surface area contributed by atoms with Gasteiger partial charge in [-0.3, -0.25) is 9.69 Å². The van der Waals surface area contributed by atoms with Crippen LogP contribution in [-0.4, -0.2) is 30.5 Å². The zero-order chi connectivity index (χ0) is 22.5. The molecular formula is C24H26F2N2O3S. The number of thiophene rings is 1. The number of amides is 1. The van der Waals surface area contributed by atoms with Gasteiger partial charge in [-0.05, 0) is 68.2 Å². The lowest BCUT2D eigenvalue weighted by atomic mass is 9.95. The maximum atomic E-state index is 12.7. The first kappa shape index (κ1) is 22.5. The van der Waals surface area contributed by atoms with Crippen LogP contribution in [0.15, 0.2) is 53.1 Å². The summed E-state index contributed by atoms with van der Waals surface area (Å²) in [6, 6.07) is 12.2. The van der Waals surface area contributed by atoms with Gasteiger partial charge in [0.25, 0.3) is 5.91 Å². The average Bonchev–Trinajstić information content (AvgIpc) is 3.46. The van der Waals surface area contributed by atoms with Crippen LogP contribution < -0.4 is 10.1 Å². The Bertz CT molecular complexity index is 1010. The number of likely N-dealkylation sites (tertiary alicyclic amines) is 1. The molecule has 0 aliphatic carbocycles. The highest BCUT2D eigenvalue weighted by molar-refractivity contribution is 7.16. The largest absolute Gasteiger partial charge is 0.459 e. The normalized spacial score (nSPS) is 15.6. The second kappa shape index (κ2) is 10.3. The van der Waals surface area contributed by atoms with Gasteiger partial charge in [0, 0.05) is 10.4 Å². The number of aryl methyl sites for hydroxylation is 1. The quantitative estimate of drug-likeness (QED) is 0.427. The smallest absolute Gasteiger partial charge is 0.387 e. The van der Waals surface area contributed by atoms with Crippen LogP contribution in [0.4, 0.5) is 13.8 Å². The number of alkyl halides is 2. The number of piperidine rings is 1. The number of nitrogens with one attached hydrogen (secondary N) is 1. The van der Waals surface area contributed by atoms with Crippen LogP contribution in [0.1, 0.15) is 58.8 Å². The third-order valence-electron chi connectivity index (χ3n) is 5.60. The SMILES string of the molecule is CCc1cc([C@H](c2ccc(OC(F)F)cc2)N2CCCCC2)c(NC(=O)c2ccco2)s1. The first-order chi connectivity index (χ1) is 15.5. The molecule has 1 saturated heterocycles. The Kier molecular flexibility index (Phi) is 7.22. The fourth-order valence-corrected chi connectivity index (χ4v) is 5.13. The van der Waals surface area contributed by atoms with Crippen LogP contribution >= 0.6 is 11.3 Å². The molecule has 0 bridgehead atoms. The highest BCUT2D eigenvalue weighted by Gasteiger charge is 2.29. The number of nitrogens with zero attached hydrogens (tertiary/aromatic N) is 1. The van der Waals surface area contributed by atoms with Crippen molar-refractivity contribution in [3.05, 3.63) is 70.5 Å². The van der Waals surface area contributed by atoms with Crippen molar-refractivity contribution >= 4 is 22.2 Å². The minimum Gasteiger partial charge on any atom is -0.459 e. The van der Waals surface area contributed by atoms with Crippen molar-refractivity contribution in [3.8, 4) is 5.75 Å². The second-order valence-electron chi connectivity index (χ2n) is 7.73. The molecule has 1 amide bonds. The van der Waals surface area contributed by atoms with E-state index < -0.39 is 6.61 Å². The fourth-order valence-electron chi connectivity index (χ4n) is 4.10. The number of hydrogen-bond acceptors (Lipinski definition) is 5. The molecule has 1 aliphatic rings. The summed E-state index contributed by atoms with van der Waals surface area (Å²) in [7, 11) is 0. The van der Waals surface area contributed by atoms with Crippen LogP contribution in [0.3, 0.4) is 0 Å². The van der Waals surface area contributed by atoms with E-state index in [0.29, 0.717) is 0 Å².